The Labute approximate surface area is 118 Å². The van der Waals surface area contributed by atoms with Crippen LogP contribution in [0.1, 0.15) is 23.3 Å². The minimum Gasteiger partial charge on any atom is -0.368 e. The molecule has 0 spiro atoms. The fourth-order valence-electron chi connectivity index (χ4n) is 1.97. The summed E-state index contributed by atoms with van der Waals surface area (Å²) in [4.78, 5) is 13.2. The highest BCUT2D eigenvalue weighted by atomic mass is 32.2. The summed E-state index contributed by atoms with van der Waals surface area (Å²) in [5, 5.41) is 11.3. The number of nitrogens with one attached hydrogen (secondary N) is 1. The molecule has 0 saturated carbocycles. The van der Waals surface area contributed by atoms with E-state index >= 15 is 0 Å². The van der Waals surface area contributed by atoms with Crippen molar-refractivity contribution in [2.75, 3.05) is 37.5 Å². The van der Waals surface area contributed by atoms with Crippen LogP contribution in [0.5, 0.6) is 0 Å². The van der Waals surface area contributed by atoms with Gasteiger partial charge in [-0.05, 0) is 42.4 Å². The van der Waals surface area contributed by atoms with Crippen LogP contribution in [0, 0.1) is 5.92 Å². The lowest BCUT2D eigenvalue weighted by Crippen LogP contribution is -2.23. The van der Waals surface area contributed by atoms with Crippen LogP contribution in [0.3, 0.4) is 0 Å². The second-order valence-corrected chi connectivity index (χ2v) is 6.16. The highest BCUT2D eigenvalue weighted by Gasteiger charge is 2.14. The number of aromatic nitrogens is 2. The van der Waals surface area contributed by atoms with E-state index in [9.17, 15) is 4.79 Å². The highest BCUT2D eigenvalue weighted by molar-refractivity contribution is 7.99. The number of amides is 1. The lowest BCUT2D eigenvalue weighted by atomic mass is 10.0. The Morgan fingerprint density at radius 2 is 2.11 bits per heavy atom. The molecule has 1 aromatic heterocycles. The maximum Gasteiger partial charge on any atom is 0.273 e. The summed E-state index contributed by atoms with van der Waals surface area (Å²) in [6.45, 7) is 0.941. The minimum atomic E-state index is -0.122. The third-order valence-corrected chi connectivity index (χ3v) is 4.25. The van der Waals surface area contributed by atoms with E-state index in [1.807, 2.05) is 17.8 Å². The Hall–Kier alpha value is -1.30. The standard InChI is InChI=1S/C13H20N4OS/c1-17(2)13(18)11-3-4-12(16-15-11)14-9-10-5-7-19-8-6-10/h3-4,10H,5-9H2,1-2H3,(H,14,16). The van der Waals surface area contributed by atoms with Gasteiger partial charge in [-0.15, -0.1) is 10.2 Å². The third kappa shape index (κ3) is 4.09. The quantitative estimate of drug-likeness (QED) is 0.910. The van der Waals surface area contributed by atoms with Gasteiger partial charge in [0.2, 0.25) is 0 Å². The Morgan fingerprint density at radius 3 is 2.68 bits per heavy atom. The summed E-state index contributed by atoms with van der Waals surface area (Å²) in [5.41, 5.74) is 0.379. The van der Waals surface area contributed by atoms with Gasteiger partial charge in [0.05, 0.1) is 0 Å². The number of rotatable bonds is 4. The van der Waals surface area contributed by atoms with Crippen LogP contribution in [-0.4, -0.2) is 53.2 Å². The summed E-state index contributed by atoms with van der Waals surface area (Å²) < 4.78 is 0. The van der Waals surface area contributed by atoms with Crippen LogP contribution >= 0.6 is 11.8 Å². The second kappa shape index (κ2) is 6.75. The second-order valence-electron chi connectivity index (χ2n) is 4.94. The Morgan fingerprint density at radius 1 is 1.37 bits per heavy atom. The van der Waals surface area contributed by atoms with E-state index in [0.717, 1.165) is 18.3 Å². The number of nitrogens with zero attached hydrogens (tertiary/aromatic N) is 3. The molecule has 1 aliphatic heterocycles. The van der Waals surface area contributed by atoms with Crippen molar-refractivity contribution in [2.45, 2.75) is 12.8 Å². The lowest BCUT2D eigenvalue weighted by molar-refractivity contribution is 0.0821. The van der Waals surface area contributed by atoms with E-state index in [2.05, 4.69) is 15.5 Å². The molecule has 1 N–H and O–H groups in total. The predicted molar refractivity (Wildman–Crippen MR) is 78.6 cm³/mol. The maximum atomic E-state index is 11.7. The van der Waals surface area contributed by atoms with Crippen LogP contribution in [0.25, 0.3) is 0 Å². The van der Waals surface area contributed by atoms with Crippen molar-refractivity contribution >= 4 is 23.5 Å². The van der Waals surface area contributed by atoms with Crippen LogP contribution in [-0.2, 0) is 0 Å². The molecule has 2 rings (SSSR count). The van der Waals surface area contributed by atoms with Crippen molar-refractivity contribution in [1.29, 1.82) is 0 Å². The zero-order valence-electron chi connectivity index (χ0n) is 11.4. The van der Waals surface area contributed by atoms with Crippen molar-refractivity contribution < 1.29 is 4.79 Å². The van der Waals surface area contributed by atoms with Crippen molar-refractivity contribution in [2.24, 2.45) is 5.92 Å². The van der Waals surface area contributed by atoms with E-state index in [1.54, 1.807) is 20.2 Å². The third-order valence-electron chi connectivity index (χ3n) is 3.20. The summed E-state index contributed by atoms with van der Waals surface area (Å²) in [7, 11) is 3.41. The zero-order chi connectivity index (χ0) is 13.7. The zero-order valence-corrected chi connectivity index (χ0v) is 12.2. The van der Waals surface area contributed by atoms with Gasteiger partial charge < -0.3 is 10.2 Å². The fraction of sp³-hybridized carbons (Fsp3) is 0.615. The first kappa shape index (κ1) is 14.1. The number of hydrogen-bond acceptors (Lipinski definition) is 5. The number of thioether (sulfide) groups is 1. The van der Waals surface area contributed by atoms with Gasteiger partial charge in [0, 0.05) is 20.6 Å². The Bertz CT molecular complexity index is 415. The normalized spacial score (nSPS) is 16.1. The maximum absolute atomic E-state index is 11.7. The van der Waals surface area contributed by atoms with E-state index < -0.39 is 0 Å². The topological polar surface area (TPSA) is 58.1 Å². The molecule has 104 valence electrons. The first-order chi connectivity index (χ1) is 9.16. The van der Waals surface area contributed by atoms with Crippen molar-refractivity contribution in [3.8, 4) is 0 Å². The molecule has 0 bridgehead atoms. The molecule has 2 heterocycles. The van der Waals surface area contributed by atoms with Crippen molar-refractivity contribution in [3.05, 3.63) is 17.8 Å². The monoisotopic (exact) mass is 280 g/mol. The summed E-state index contributed by atoms with van der Waals surface area (Å²) >= 11 is 2.03. The van der Waals surface area contributed by atoms with Gasteiger partial charge in [0.1, 0.15) is 5.82 Å². The number of hydrogen-bond donors (Lipinski definition) is 1. The van der Waals surface area contributed by atoms with Gasteiger partial charge >= 0.3 is 0 Å². The highest BCUT2D eigenvalue weighted by Crippen LogP contribution is 2.22. The SMILES string of the molecule is CN(C)C(=O)c1ccc(NCC2CCSCC2)nn1. The molecule has 5 nitrogen and oxygen atoms in total. The summed E-state index contributed by atoms with van der Waals surface area (Å²) in [6.07, 6.45) is 2.53. The van der Waals surface area contributed by atoms with E-state index in [0.29, 0.717) is 5.69 Å². The molecule has 0 aliphatic carbocycles. The first-order valence-electron chi connectivity index (χ1n) is 6.54. The number of anilines is 1. The molecular weight excluding hydrogens is 260 g/mol. The average Bonchev–Trinajstić information content (AvgIpc) is 2.46. The van der Waals surface area contributed by atoms with Gasteiger partial charge in [0.25, 0.3) is 5.91 Å². The Kier molecular flexibility index (Phi) is 5.01. The Balaban J connectivity index is 1.86. The van der Waals surface area contributed by atoms with Gasteiger partial charge in [-0.1, -0.05) is 0 Å². The van der Waals surface area contributed by atoms with Crippen LogP contribution in [0.2, 0.25) is 0 Å². The van der Waals surface area contributed by atoms with Crippen LogP contribution in [0.15, 0.2) is 12.1 Å². The molecule has 1 saturated heterocycles. The van der Waals surface area contributed by atoms with E-state index in [-0.39, 0.29) is 5.91 Å². The lowest BCUT2D eigenvalue weighted by Gasteiger charge is -2.21. The molecule has 19 heavy (non-hydrogen) atoms. The largest absolute Gasteiger partial charge is 0.368 e. The molecule has 0 aromatic carbocycles. The summed E-state index contributed by atoms with van der Waals surface area (Å²) in [6, 6.07) is 3.54. The van der Waals surface area contributed by atoms with E-state index in [1.165, 1.54) is 29.2 Å². The minimum absolute atomic E-state index is 0.122. The van der Waals surface area contributed by atoms with Crippen LogP contribution in [0.4, 0.5) is 5.82 Å². The molecule has 1 fully saturated rings. The average molecular weight is 280 g/mol. The molecule has 1 aromatic rings. The fourth-order valence-corrected chi connectivity index (χ4v) is 3.17. The summed E-state index contributed by atoms with van der Waals surface area (Å²) in [5.74, 6) is 3.87. The molecule has 0 atom stereocenters. The predicted octanol–water partition coefficient (Wildman–Crippen LogP) is 1.73. The van der Waals surface area contributed by atoms with Gasteiger partial charge in [-0.25, -0.2) is 0 Å². The van der Waals surface area contributed by atoms with Gasteiger partial charge in [-0.3, -0.25) is 4.79 Å². The molecule has 6 heteroatoms. The molecule has 1 aliphatic rings. The van der Waals surface area contributed by atoms with Crippen molar-refractivity contribution in [3.63, 3.8) is 0 Å². The van der Waals surface area contributed by atoms with Crippen molar-refractivity contribution in [1.82, 2.24) is 15.1 Å². The van der Waals surface area contributed by atoms with Crippen LogP contribution < -0.4 is 5.32 Å². The van der Waals surface area contributed by atoms with Gasteiger partial charge in [0.15, 0.2) is 5.69 Å². The molecule has 1 amide bonds. The number of carbonyl (C=O) groups excluding carboxylic acids is 1. The van der Waals surface area contributed by atoms with E-state index in [4.69, 9.17) is 0 Å². The smallest absolute Gasteiger partial charge is 0.273 e. The first-order valence-corrected chi connectivity index (χ1v) is 7.69. The molecule has 0 unspecified atom stereocenters. The molecule has 0 radical (unpaired) electrons. The van der Waals surface area contributed by atoms with Gasteiger partial charge in [-0.2, -0.15) is 11.8 Å². The molecular formula is C13H20N4OS. The number of carbonyl (C=O) groups is 1.